The van der Waals surface area contributed by atoms with Gasteiger partial charge < -0.3 is 11.1 Å². The van der Waals surface area contributed by atoms with Gasteiger partial charge in [-0.05, 0) is 53.5 Å². The molecular weight excluding hydrogens is 344 g/mol. The number of carbonyl (C=O) groups excluding carboxylic acids is 1. The second-order valence-electron chi connectivity index (χ2n) is 8.84. The molecule has 0 heterocycles. The highest BCUT2D eigenvalue weighted by atomic mass is 16.1. The average molecular weight is 377 g/mol. The van der Waals surface area contributed by atoms with Crippen LogP contribution in [0.15, 0.2) is 48.5 Å². The lowest BCUT2D eigenvalue weighted by Crippen LogP contribution is -2.30. The van der Waals surface area contributed by atoms with Gasteiger partial charge in [0.1, 0.15) is 5.78 Å². The minimum Gasteiger partial charge on any atom is -0.326 e. The van der Waals surface area contributed by atoms with Crippen LogP contribution in [-0.2, 0) is 16.8 Å². The van der Waals surface area contributed by atoms with Gasteiger partial charge in [-0.15, -0.1) is 0 Å². The van der Waals surface area contributed by atoms with Crippen LogP contribution in [0.4, 0.5) is 0 Å². The van der Waals surface area contributed by atoms with Gasteiger partial charge in [0.2, 0.25) is 0 Å². The van der Waals surface area contributed by atoms with Crippen molar-refractivity contribution in [3.05, 3.63) is 59.7 Å². The number of rotatable bonds is 8. The first-order chi connectivity index (χ1) is 13.3. The summed E-state index contributed by atoms with van der Waals surface area (Å²) in [5.74, 6) is 1.13. The van der Waals surface area contributed by atoms with Gasteiger partial charge in [0.05, 0.1) is 0 Å². The van der Waals surface area contributed by atoms with Crippen LogP contribution in [0.1, 0.15) is 51.7 Å². The minimum absolute atomic E-state index is 0.208. The van der Waals surface area contributed by atoms with E-state index >= 15 is 0 Å². The molecule has 1 aliphatic rings. The molecule has 1 fully saturated rings. The van der Waals surface area contributed by atoms with Gasteiger partial charge in [-0.1, -0.05) is 63.2 Å². The number of hydrogen-bond donors (Lipinski definition) is 2. The van der Waals surface area contributed by atoms with Crippen molar-refractivity contribution >= 4 is 11.5 Å². The van der Waals surface area contributed by atoms with E-state index in [1.165, 1.54) is 5.56 Å². The molecule has 3 rings (SSSR count). The van der Waals surface area contributed by atoms with Crippen molar-refractivity contribution in [1.82, 2.24) is 0 Å². The summed E-state index contributed by atoms with van der Waals surface area (Å²) in [6, 6.07) is 16.9. The molecule has 28 heavy (non-hydrogen) atoms. The van der Waals surface area contributed by atoms with Crippen LogP contribution in [0.5, 0.6) is 0 Å². The summed E-state index contributed by atoms with van der Waals surface area (Å²) in [7, 11) is 0. The van der Waals surface area contributed by atoms with E-state index in [0.717, 1.165) is 28.8 Å². The zero-order valence-corrected chi connectivity index (χ0v) is 17.5. The van der Waals surface area contributed by atoms with E-state index in [0.29, 0.717) is 24.8 Å². The first-order valence-electron chi connectivity index (χ1n) is 10.2. The maximum atomic E-state index is 12.1. The molecular formula is C25H32N2O. The smallest absolute Gasteiger partial charge is 0.130 e. The van der Waals surface area contributed by atoms with E-state index in [4.69, 9.17) is 11.1 Å². The van der Waals surface area contributed by atoms with E-state index in [1.54, 1.807) is 6.92 Å². The van der Waals surface area contributed by atoms with Crippen molar-refractivity contribution in [3.63, 3.8) is 0 Å². The molecule has 0 aromatic heterocycles. The SMILES string of the molecule is CC(=O)CC(C)(c1cccc(-c2cccc(CN)c2)c1)C1CC1C(=N)C(C)C. The number of benzene rings is 2. The quantitative estimate of drug-likeness (QED) is 0.609. The van der Waals surface area contributed by atoms with Gasteiger partial charge in [-0.3, -0.25) is 4.79 Å². The highest BCUT2D eigenvalue weighted by Crippen LogP contribution is 2.55. The molecule has 0 radical (unpaired) electrons. The normalized spacial score (nSPS) is 20.6. The Morgan fingerprint density at radius 3 is 2.43 bits per heavy atom. The van der Waals surface area contributed by atoms with Gasteiger partial charge in [0.25, 0.3) is 0 Å². The second kappa shape index (κ2) is 8.00. The van der Waals surface area contributed by atoms with Gasteiger partial charge in [-0.2, -0.15) is 0 Å². The summed E-state index contributed by atoms with van der Waals surface area (Å²) in [5, 5.41) is 8.44. The third kappa shape index (κ3) is 4.10. The molecule has 2 aromatic carbocycles. The predicted molar refractivity (Wildman–Crippen MR) is 117 cm³/mol. The largest absolute Gasteiger partial charge is 0.326 e. The lowest BCUT2D eigenvalue weighted by atomic mass is 9.72. The molecule has 2 aromatic rings. The Morgan fingerprint density at radius 2 is 1.82 bits per heavy atom. The van der Waals surface area contributed by atoms with Crippen LogP contribution < -0.4 is 5.73 Å². The van der Waals surface area contributed by atoms with Gasteiger partial charge in [0.15, 0.2) is 0 Å². The first kappa shape index (κ1) is 20.5. The monoisotopic (exact) mass is 376 g/mol. The fourth-order valence-electron chi connectivity index (χ4n) is 4.57. The van der Waals surface area contributed by atoms with Crippen molar-refractivity contribution < 1.29 is 4.79 Å². The Labute approximate surface area is 168 Å². The summed E-state index contributed by atoms with van der Waals surface area (Å²) in [6.45, 7) is 8.59. The number of Topliss-reactive ketones (excluding diaryl/α,β-unsaturated/α-hetero) is 1. The molecule has 3 N–H and O–H groups in total. The zero-order chi connectivity index (χ0) is 20.5. The summed E-state index contributed by atoms with van der Waals surface area (Å²) >= 11 is 0. The number of hydrogen-bond acceptors (Lipinski definition) is 3. The number of nitrogens with one attached hydrogen (secondary N) is 1. The van der Waals surface area contributed by atoms with Crippen LogP contribution in [0.25, 0.3) is 11.1 Å². The molecule has 0 bridgehead atoms. The van der Waals surface area contributed by atoms with Gasteiger partial charge in [-0.25, -0.2) is 0 Å². The summed E-state index contributed by atoms with van der Waals surface area (Å²) in [4.78, 5) is 12.1. The highest BCUT2D eigenvalue weighted by molar-refractivity contribution is 5.88. The third-order valence-electron chi connectivity index (χ3n) is 6.26. The maximum absolute atomic E-state index is 12.1. The lowest BCUT2D eigenvalue weighted by molar-refractivity contribution is -0.118. The van der Waals surface area contributed by atoms with Crippen molar-refractivity contribution in [2.24, 2.45) is 23.5 Å². The van der Waals surface area contributed by atoms with Crippen LogP contribution >= 0.6 is 0 Å². The number of nitrogens with two attached hydrogens (primary N) is 1. The van der Waals surface area contributed by atoms with Crippen LogP contribution in [0, 0.1) is 23.2 Å². The zero-order valence-electron chi connectivity index (χ0n) is 17.5. The fourth-order valence-corrected chi connectivity index (χ4v) is 4.57. The van der Waals surface area contributed by atoms with Gasteiger partial charge >= 0.3 is 0 Å². The minimum atomic E-state index is -0.237. The van der Waals surface area contributed by atoms with Crippen LogP contribution in [-0.4, -0.2) is 11.5 Å². The summed E-state index contributed by atoms with van der Waals surface area (Å²) < 4.78 is 0. The molecule has 148 valence electrons. The van der Waals surface area contributed by atoms with Crippen LogP contribution in [0.2, 0.25) is 0 Å². The van der Waals surface area contributed by atoms with Crippen molar-refractivity contribution in [2.45, 2.75) is 52.5 Å². The summed E-state index contributed by atoms with van der Waals surface area (Å²) in [5.41, 5.74) is 11.0. The van der Waals surface area contributed by atoms with Crippen molar-refractivity contribution in [3.8, 4) is 11.1 Å². The molecule has 3 nitrogen and oxygen atoms in total. The Hall–Kier alpha value is -2.26. The number of carbonyl (C=O) groups is 1. The predicted octanol–water partition coefficient (Wildman–Crippen LogP) is 5.36. The number of ketones is 1. The Kier molecular flexibility index (Phi) is 5.85. The standard InChI is InChI=1S/C25H32N2O/c1-16(2)24(27)22-13-23(22)25(4,14-17(3)28)21-10-6-9-20(12-21)19-8-5-7-18(11-19)15-26/h5-12,16,22-23,27H,13-15,26H2,1-4H3. The van der Waals surface area contributed by atoms with Crippen molar-refractivity contribution in [1.29, 1.82) is 5.41 Å². The summed E-state index contributed by atoms with van der Waals surface area (Å²) in [6.07, 6.45) is 1.53. The molecule has 1 saturated carbocycles. The average Bonchev–Trinajstić information content (AvgIpc) is 3.48. The Bertz CT molecular complexity index is 886. The van der Waals surface area contributed by atoms with E-state index in [1.807, 2.05) is 12.1 Å². The van der Waals surface area contributed by atoms with E-state index in [2.05, 4.69) is 57.2 Å². The molecule has 3 heteroatoms. The topological polar surface area (TPSA) is 66.9 Å². The lowest BCUT2D eigenvalue weighted by Gasteiger charge is -2.31. The Balaban J connectivity index is 1.98. The fraction of sp³-hybridized carbons (Fsp3) is 0.440. The molecule has 1 aliphatic carbocycles. The van der Waals surface area contributed by atoms with E-state index < -0.39 is 0 Å². The molecule has 3 atom stereocenters. The molecule has 0 saturated heterocycles. The maximum Gasteiger partial charge on any atom is 0.130 e. The van der Waals surface area contributed by atoms with Crippen LogP contribution in [0.3, 0.4) is 0 Å². The Morgan fingerprint density at radius 1 is 1.18 bits per heavy atom. The molecule has 0 amide bonds. The third-order valence-corrected chi connectivity index (χ3v) is 6.26. The van der Waals surface area contributed by atoms with Crippen molar-refractivity contribution in [2.75, 3.05) is 0 Å². The van der Waals surface area contributed by atoms with E-state index in [-0.39, 0.29) is 17.1 Å². The highest BCUT2D eigenvalue weighted by Gasteiger charge is 2.53. The molecule has 0 aliphatic heterocycles. The van der Waals surface area contributed by atoms with Gasteiger partial charge in [0, 0.05) is 30.0 Å². The molecule has 3 unspecified atom stereocenters. The second-order valence-corrected chi connectivity index (χ2v) is 8.84. The van der Waals surface area contributed by atoms with E-state index in [9.17, 15) is 4.79 Å². The molecule has 0 spiro atoms. The first-order valence-corrected chi connectivity index (χ1v) is 10.2.